The monoisotopic (exact) mass is 484 g/mol. The lowest BCUT2D eigenvalue weighted by molar-refractivity contribution is 0.00752. The molecular weight excluding hydrogens is 448 g/mol. The Bertz CT molecular complexity index is 824. The fourth-order valence-electron chi connectivity index (χ4n) is 3.84. The smallest absolute Gasteiger partial charge is 0.410 e. The Balaban J connectivity index is 2.23. The number of phenolic OH excluding ortho intramolecular Hbond substituents is 1. The molecule has 0 saturated carbocycles. The average molecular weight is 485 g/mol. The Kier molecular flexibility index (Phi) is 9.67. The Morgan fingerprint density at radius 2 is 1.97 bits per heavy atom. The zero-order chi connectivity index (χ0) is 24.8. The van der Waals surface area contributed by atoms with Gasteiger partial charge in [0.05, 0.1) is 23.2 Å². The minimum absolute atomic E-state index is 0.126. The third kappa shape index (κ3) is 7.67. The first-order valence-electron chi connectivity index (χ1n) is 11.4. The van der Waals surface area contributed by atoms with E-state index in [4.69, 9.17) is 25.8 Å². The van der Waals surface area contributed by atoms with Crippen molar-refractivity contribution in [3.05, 3.63) is 22.7 Å². The van der Waals surface area contributed by atoms with Gasteiger partial charge in [-0.25, -0.2) is 4.79 Å². The van der Waals surface area contributed by atoms with Gasteiger partial charge in [0, 0.05) is 45.3 Å². The summed E-state index contributed by atoms with van der Waals surface area (Å²) >= 11 is 6.35. The molecule has 1 aromatic carbocycles. The number of hydrogen-bond donors (Lipinski definition) is 1. The molecule has 8 nitrogen and oxygen atoms in total. The maximum Gasteiger partial charge on any atom is 0.410 e. The van der Waals surface area contributed by atoms with Crippen LogP contribution in [-0.2, 0) is 9.47 Å². The first kappa shape index (κ1) is 27.1. The summed E-state index contributed by atoms with van der Waals surface area (Å²) in [5.74, 6) is -0.201. The Morgan fingerprint density at radius 3 is 2.58 bits per heavy atom. The molecular formula is C24H37ClN2O6. The molecule has 2 amide bonds. The van der Waals surface area contributed by atoms with Crippen molar-refractivity contribution < 1.29 is 28.9 Å². The summed E-state index contributed by atoms with van der Waals surface area (Å²) in [5, 5.41) is 10.4. The molecule has 186 valence electrons. The molecule has 1 atom stereocenters. The standard InChI is InChI=1S/C24H37ClN2O6/c1-16(2)27(17-9-7-10-26(15-17)23(30)33-24(3,4)5)22(29)18-13-21(20(28)14-19(18)25)32-12-8-11-31-6/h13-14,16-17,28H,7-12,15H2,1-6H3/t17-/m1/s1. The number of methoxy groups -OCH3 is 1. The quantitative estimate of drug-likeness (QED) is 0.537. The van der Waals surface area contributed by atoms with Gasteiger partial charge in [-0.2, -0.15) is 0 Å². The molecule has 1 fully saturated rings. The SMILES string of the molecule is COCCCOc1cc(C(=O)N(C(C)C)[C@@H]2CCCN(C(=O)OC(C)(C)C)C2)c(Cl)cc1O. The lowest BCUT2D eigenvalue weighted by Crippen LogP contribution is -2.54. The van der Waals surface area contributed by atoms with Crippen molar-refractivity contribution >= 4 is 23.6 Å². The molecule has 0 radical (unpaired) electrons. The van der Waals surface area contributed by atoms with E-state index in [1.54, 1.807) is 16.9 Å². The van der Waals surface area contributed by atoms with E-state index >= 15 is 0 Å². The van der Waals surface area contributed by atoms with Gasteiger partial charge >= 0.3 is 6.09 Å². The molecule has 0 unspecified atom stereocenters. The summed E-state index contributed by atoms with van der Waals surface area (Å²) in [6, 6.07) is 2.50. The molecule has 2 rings (SSSR count). The van der Waals surface area contributed by atoms with Gasteiger partial charge < -0.3 is 29.1 Å². The normalized spacial score (nSPS) is 16.6. The highest BCUT2D eigenvalue weighted by Crippen LogP contribution is 2.34. The second-order valence-electron chi connectivity index (χ2n) is 9.52. The van der Waals surface area contributed by atoms with E-state index in [1.165, 1.54) is 12.1 Å². The Labute approximate surface area is 201 Å². The molecule has 1 aromatic rings. The second kappa shape index (κ2) is 11.8. The lowest BCUT2D eigenvalue weighted by atomic mass is 10.0. The topological polar surface area (TPSA) is 88.5 Å². The number of hydrogen-bond acceptors (Lipinski definition) is 6. The maximum atomic E-state index is 13.6. The maximum absolute atomic E-state index is 13.6. The van der Waals surface area contributed by atoms with Gasteiger partial charge in [-0.1, -0.05) is 11.6 Å². The number of likely N-dealkylation sites (tertiary alicyclic amines) is 1. The van der Waals surface area contributed by atoms with Crippen LogP contribution in [0.2, 0.25) is 5.02 Å². The Morgan fingerprint density at radius 1 is 1.27 bits per heavy atom. The van der Waals surface area contributed by atoms with Gasteiger partial charge in [0.1, 0.15) is 5.60 Å². The van der Waals surface area contributed by atoms with E-state index in [-0.39, 0.29) is 46.2 Å². The van der Waals surface area contributed by atoms with Gasteiger partial charge in [-0.3, -0.25) is 4.79 Å². The van der Waals surface area contributed by atoms with E-state index in [0.717, 1.165) is 12.8 Å². The number of nitrogens with zero attached hydrogens (tertiary/aromatic N) is 2. The molecule has 1 N–H and O–H groups in total. The summed E-state index contributed by atoms with van der Waals surface area (Å²) in [5.41, 5.74) is -0.337. The number of carbonyl (C=O) groups excluding carboxylic acids is 2. The van der Waals surface area contributed by atoms with Crippen molar-refractivity contribution in [1.29, 1.82) is 0 Å². The summed E-state index contributed by atoms with van der Waals surface area (Å²) < 4.78 is 16.2. The van der Waals surface area contributed by atoms with Gasteiger partial charge in [-0.05, 0) is 53.5 Å². The molecule has 33 heavy (non-hydrogen) atoms. The third-order valence-electron chi connectivity index (χ3n) is 5.26. The number of ether oxygens (including phenoxy) is 3. The summed E-state index contributed by atoms with van der Waals surface area (Å²) in [7, 11) is 1.60. The van der Waals surface area contributed by atoms with Gasteiger partial charge in [0.2, 0.25) is 0 Å². The molecule has 0 aromatic heterocycles. The van der Waals surface area contributed by atoms with Crippen LogP contribution in [0.5, 0.6) is 11.5 Å². The van der Waals surface area contributed by atoms with Gasteiger partial charge in [0.15, 0.2) is 11.5 Å². The molecule has 1 aliphatic rings. The predicted molar refractivity (Wildman–Crippen MR) is 127 cm³/mol. The van der Waals surface area contributed by atoms with Crippen LogP contribution >= 0.6 is 11.6 Å². The molecule has 1 aliphatic heterocycles. The molecule has 9 heteroatoms. The number of halogens is 1. The van der Waals surface area contributed by atoms with Crippen LogP contribution in [0, 0.1) is 0 Å². The van der Waals surface area contributed by atoms with Crippen LogP contribution in [-0.4, -0.2) is 78.0 Å². The van der Waals surface area contributed by atoms with E-state index in [9.17, 15) is 14.7 Å². The van der Waals surface area contributed by atoms with Crippen LogP contribution in [0.15, 0.2) is 12.1 Å². The van der Waals surface area contributed by atoms with Crippen molar-refractivity contribution in [1.82, 2.24) is 9.80 Å². The number of phenols is 1. The summed E-state index contributed by atoms with van der Waals surface area (Å²) in [4.78, 5) is 29.6. The van der Waals surface area contributed by atoms with E-state index in [2.05, 4.69) is 0 Å². The highest BCUT2D eigenvalue weighted by molar-refractivity contribution is 6.34. The number of amides is 2. The largest absolute Gasteiger partial charge is 0.504 e. The highest BCUT2D eigenvalue weighted by Gasteiger charge is 2.35. The lowest BCUT2D eigenvalue weighted by Gasteiger charge is -2.41. The van der Waals surface area contributed by atoms with E-state index < -0.39 is 5.60 Å². The second-order valence-corrected chi connectivity index (χ2v) is 9.93. The third-order valence-corrected chi connectivity index (χ3v) is 5.57. The Hall–Kier alpha value is -2.19. The van der Waals surface area contributed by atoms with Crippen molar-refractivity contribution in [3.8, 4) is 11.5 Å². The van der Waals surface area contributed by atoms with Gasteiger partial charge in [0.25, 0.3) is 5.91 Å². The number of carbonyl (C=O) groups is 2. The molecule has 1 saturated heterocycles. The minimum Gasteiger partial charge on any atom is -0.504 e. The number of aromatic hydroxyl groups is 1. The predicted octanol–water partition coefficient (Wildman–Crippen LogP) is 4.71. The van der Waals surface area contributed by atoms with Crippen LogP contribution in [0.4, 0.5) is 4.79 Å². The van der Waals surface area contributed by atoms with Crippen molar-refractivity contribution in [2.45, 2.75) is 71.6 Å². The molecule has 0 aliphatic carbocycles. The minimum atomic E-state index is -0.587. The van der Waals surface area contributed by atoms with Crippen LogP contribution in [0.3, 0.4) is 0 Å². The molecule has 0 bridgehead atoms. The van der Waals surface area contributed by atoms with E-state index in [1.807, 2.05) is 34.6 Å². The highest BCUT2D eigenvalue weighted by atomic mass is 35.5. The summed E-state index contributed by atoms with van der Waals surface area (Å²) in [6.45, 7) is 11.2. The number of rotatable bonds is 8. The van der Waals surface area contributed by atoms with Gasteiger partial charge in [-0.15, -0.1) is 0 Å². The zero-order valence-electron chi connectivity index (χ0n) is 20.5. The van der Waals surface area contributed by atoms with Crippen LogP contribution in [0.25, 0.3) is 0 Å². The first-order chi connectivity index (χ1) is 15.4. The average Bonchev–Trinajstić information content (AvgIpc) is 2.71. The van der Waals surface area contributed by atoms with Crippen LogP contribution in [0.1, 0.15) is 64.2 Å². The fourth-order valence-corrected chi connectivity index (χ4v) is 4.08. The zero-order valence-corrected chi connectivity index (χ0v) is 21.3. The van der Waals surface area contributed by atoms with Crippen molar-refractivity contribution in [2.75, 3.05) is 33.4 Å². The number of benzene rings is 1. The van der Waals surface area contributed by atoms with Crippen molar-refractivity contribution in [3.63, 3.8) is 0 Å². The first-order valence-corrected chi connectivity index (χ1v) is 11.8. The number of piperidine rings is 1. The molecule has 1 heterocycles. The van der Waals surface area contributed by atoms with Crippen LogP contribution < -0.4 is 4.74 Å². The van der Waals surface area contributed by atoms with Crippen molar-refractivity contribution in [2.24, 2.45) is 0 Å². The van der Waals surface area contributed by atoms with E-state index in [0.29, 0.717) is 32.7 Å². The summed E-state index contributed by atoms with van der Waals surface area (Å²) in [6.07, 6.45) is 1.79. The molecule has 0 spiro atoms. The fraction of sp³-hybridized carbons (Fsp3) is 0.667.